The second kappa shape index (κ2) is 8.13. The van der Waals surface area contributed by atoms with E-state index < -0.39 is 0 Å². The molecule has 0 N–H and O–H groups in total. The standard InChI is InChI=1S/C23H21N3OS2/c1-2-27-16-11-12-20-21(14-16)29-23-25-19(18-10-6-7-13-24-18)15-22(26(20)23)28-17-8-4-3-5-9-17/h3-14,19,22H,2,15H2,1H3. The number of amidine groups is 1. The Morgan fingerprint density at radius 1 is 1.10 bits per heavy atom. The van der Waals surface area contributed by atoms with Gasteiger partial charge in [0.2, 0.25) is 0 Å². The number of anilines is 1. The maximum Gasteiger partial charge on any atom is 0.170 e. The Morgan fingerprint density at radius 3 is 2.76 bits per heavy atom. The molecular formula is C23H21N3OS2. The number of hydrogen-bond acceptors (Lipinski definition) is 6. The van der Waals surface area contributed by atoms with Crippen LogP contribution in [-0.4, -0.2) is 22.1 Å². The number of rotatable bonds is 5. The zero-order valence-corrected chi connectivity index (χ0v) is 17.7. The first-order valence-electron chi connectivity index (χ1n) is 9.76. The maximum atomic E-state index is 5.71. The van der Waals surface area contributed by atoms with Crippen LogP contribution in [-0.2, 0) is 0 Å². The summed E-state index contributed by atoms with van der Waals surface area (Å²) in [5, 5.41) is 1.30. The highest BCUT2D eigenvalue weighted by molar-refractivity contribution is 8.15. The highest BCUT2D eigenvalue weighted by Crippen LogP contribution is 2.50. The van der Waals surface area contributed by atoms with Crippen LogP contribution < -0.4 is 9.64 Å². The Balaban J connectivity index is 1.53. The van der Waals surface area contributed by atoms with Crippen LogP contribution in [0.2, 0.25) is 0 Å². The van der Waals surface area contributed by atoms with Crippen LogP contribution >= 0.6 is 23.5 Å². The smallest absolute Gasteiger partial charge is 0.170 e. The molecule has 0 amide bonds. The van der Waals surface area contributed by atoms with E-state index in [-0.39, 0.29) is 11.4 Å². The second-order valence-corrected chi connectivity index (χ2v) is 9.10. The summed E-state index contributed by atoms with van der Waals surface area (Å²) in [6.45, 7) is 2.68. The van der Waals surface area contributed by atoms with Gasteiger partial charge in [-0.3, -0.25) is 9.98 Å². The normalized spacial score (nSPS) is 20.0. The summed E-state index contributed by atoms with van der Waals surface area (Å²) in [5.74, 6) is 0.910. The molecule has 0 spiro atoms. The molecule has 3 aromatic rings. The van der Waals surface area contributed by atoms with E-state index in [2.05, 4.69) is 64.5 Å². The van der Waals surface area contributed by atoms with Gasteiger partial charge in [0, 0.05) is 22.4 Å². The van der Waals surface area contributed by atoms with Crippen LogP contribution in [0.4, 0.5) is 5.69 Å². The zero-order valence-electron chi connectivity index (χ0n) is 16.1. The zero-order chi connectivity index (χ0) is 19.6. The summed E-state index contributed by atoms with van der Waals surface area (Å²) in [4.78, 5) is 14.5. The summed E-state index contributed by atoms with van der Waals surface area (Å²) in [6, 6.07) is 23.1. The number of nitrogens with zero attached hydrogens (tertiary/aromatic N) is 3. The van der Waals surface area contributed by atoms with E-state index in [4.69, 9.17) is 9.73 Å². The second-order valence-electron chi connectivity index (χ2n) is 6.84. The minimum Gasteiger partial charge on any atom is -0.494 e. The van der Waals surface area contributed by atoms with E-state index in [9.17, 15) is 0 Å². The summed E-state index contributed by atoms with van der Waals surface area (Å²) in [7, 11) is 0. The van der Waals surface area contributed by atoms with Crippen molar-refractivity contribution in [2.24, 2.45) is 4.99 Å². The Morgan fingerprint density at radius 2 is 1.97 bits per heavy atom. The van der Waals surface area contributed by atoms with Gasteiger partial charge in [-0.1, -0.05) is 24.3 Å². The van der Waals surface area contributed by atoms with Crippen LogP contribution in [0.15, 0.2) is 87.7 Å². The average Bonchev–Trinajstić information content (AvgIpc) is 3.13. The lowest BCUT2D eigenvalue weighted by molar-refractivity contribution is 0.339. The molecule has 2 atom stereocenters. The number of ether oxygens (including phenoxy) is 1. The van der Waals surface area contributed by atoms with Gasteiger partial charge in [-0.15, -0.1) is 11.8 Å². The highest BCUT2D eigenvalue weighted by atomic mass is 32.2. The van der Waals surface area contributed by atoms with Crippen molar-refractivity contribution in [2.45, 2.75) is 34.6 Å². The van der Waals surface area contributed by atoms with Gasteiger partial charge in [-0.05, 0) is 61.2 Å². The van der Waals surface area contributed by atoms with Crippen molar-refractivity contribution < 1.29 is 4.74 Å². The Bertz CT molecular complexity index is 1030. The van der Waals surface area contributed by atoms with E-state index in [1.807, 2.05) is 37.0 Å². The predicted molar refractivity (Wildman–Crippen MR) is 121 cm³/mol. The van der Waals surface area contributed by atoms with Crippen LogP contribution in [0.1, 0.15) is 25.1 Å². The Labute approximate surface area is 179 Å². The third-order valence-corrected chi connectivity index (χ3v) is 7.18. The third kappa shape index (κ3) is 3.74. The lowest BCUT2D eigenvalue weighted by Gasteiger charge is -2.35. The molecule has 29 heavy (non-hydrogen) atoms. The van der Waals surface area contributed by atoms with Crippen molar-refractivity contribution in [2.75, 3.05) is 11.5 Å². The molecule has 0 saturated carbocycles. The minimum atomic E-state index is 0.0665. The number of hydrogen-bond donors (Lipinski definition) is 0. The number of pyridine rings is 1. The molecule has 0 aliphatic carbocycles. The van der Waals surface area contributed by atoms with Crippen LogP contribution in [0, 0.1) is 0 Å². The first-order valence-corrected chi connectivity index (χ1v) is 11.5. The summed E-state index contributed by atoms with van der Waals surface area (Å²) in [5.41, 5.74) is 2.25. The van der Waals surface area contributed by atoms with E-state index in [1.54, 1.807) is 11.8 Å². The molecule has 2 aliphatic heterocycles. The highest BCUT2D eigenvalue weighted by Gasteiger charge is 2.39. The van der Waals surface area contributed by atoms with Crippen molar-refractivity contribution in [3.63, 3.8) is 0 Å². The Kier molecular flexibility index (Phi) is 5.21. The van der Waals surface area contributed by atoms with Crippen LogP contribution in [0.25, 0.3) is 0 Å². The van der Waals surface area contributed by atoms with Gasteiger partial charge in [0.1, 0.15) is 5.75 Å². The largest absolute Gasteiger partial charge is 0.494 e. The molecule has 0 radical (unpaired) electrons. The monoisotopic (exact) mass is 419 g/mol. The molecule has 3 heterocycles. The quantitative estimate of drug-likeness (QED) is 0.506. The van der Waals surface area contributed by atoms with E-state index in [0.717, 1.165) is 23.0 Å². The molecule has 146 valence electrons. The van der Waals surface area contributed by atoms with E-state index >= 15 is 0 Å². The maximum absolute atomic E-state index is 5.71. The number of thioether (sulfide) groups is 2. The first-order chi connectivity index (χ1) is 14.3. The Hall–Kier alpha value is -2.44. The lowest BCUT2D eigenvalue weighted by Crippen LogP contribution is -2.39. The van der Waals surface area contributed by atoms with Crippen LogP contribution in [0.5, 0.6) is 5.75 Å². The minimum absolute atomic E-state index is 0.0665. The number of aromatic nitrogens is 1. The molecule has 5 rings (SSSR count). The molecule has 2 aromatic carbocycles. The number of benzene rings is 2. The van der Waals surface area contributed by atoms with Gasteiger partial charge in [0.15, 0.2) is 5.17 Å². The molecule has 0 fully saturated rings. The summed E-state index contributed by atoms with van der Waals surface area (Å²) in [6.07, 6.45) is 2.76. The number of fused-ring (bicyclic) bond motifs is 3. The van der Waals surface area contributed by atoms with Gasteiger partial charge in [-0.25, -0.2) is 0 Å². The van der Waals surface area contributed by atoms with Crippen molar-refractivity contribution >= 4 is 34.4 Å². The van der Waals surface area contributed by atoms with Gasteiger partial charge in [0.05, 0.1) is 29.4 Å². The fraction of sp³-hybridized carbons (Fsp3) is 0.217. The fourth-order valence-corrected chi connectivity index (χ4v) is 6.09. The molecule has 2 unspecified atom stereocenters. The molecule has 0 saturated heterocycles. The molecule has 1 aromatic heterocycles. The summed E-state index contributed by atoms with van der Waals surface area (Å²) < 4.78 is 5.71. The molecule has 6 heteroatoms. The molecule has 4 nitrogen and oxygen atoms in total. The molecule has 2 aliphatic rings. The topological polar surface area (TPSA) is 37.7 Å². The van der Waals surface area contributed by atoms with Crippen molar-refractivity contribution in [1.82, 2.24) is 4.98 Å². The van der Waals surface area contributed by atoms with Gasteiger partial charge in [0.25, 0.3) is 0 Å². The van der Waals surface area contributed by atoms with Crippen molar-refractivity contribution in [3.05, 3.63) is 78.6 Å². The molecule has 0 bridgehead atoms. The predicted octanol–water partition coefficient (Wildman–Crippen LogP) is 6.01. The van der Waals surface area contributed by atoms with Gasteiger partial charge in [-0.2, -0.15) is 0 Å². The third-order valence-electron chi connectivity index (χ3n) is 4.93. The van der Waals surface area contributed by atoms with Crippen molar-refractivity contribution in [1.29, 1.82) is 0 Å². The van der Waals surface area contributed by atoms with Crippen molar-refractivity contribution in [3.8, 4) is 5.75 Å². The lowest BCUT2D eigenvalue weighted by atomic mass is 10.1. The first kappa shape index (κ1) is 18.6. The van der Waals surface area contributed by atoms with E-state index in [1.165, 1.54) is 15.5 Å². The van der Waals surface area contributed by atoms with Crippen LogP contribution in [0.3, 0.4) is 0 Å². The fourth-order valence-electron chi connectivity index (χ4n) is 3.65. The molecular weight excluding hydrogens is 398 g/mol. The van der Waals surface area contributed by atoms with Gasteiger partial charge < -0.3 is 9.64 Å². The average molecular weight is 420 g/mol. The number of aliphatic imine (C=N–C) groups is 1. The van der Waals surface area contributed by atoms with E-state index in [0.29, 0.717) is 6.61 Å². The SMILES string of the molecule is CCOc1ccc2c(c1)SC1=NC(c3ccccn3)CC(Sc3ccccc3)N12. The van der Waals surface area contributed by atoms with Gasteiger partial charge >= 0.3 is 0 Å². The summed E-state index contributed by atoms with van der Waals surface area (Å²) >= 11 is 3.62.